The van der Waals surface area contributed by atoms with Gasteiger partial charge in [0.1, 0.15) is 17.1 Å². The van der Waals surface area contributed by atoms with Gasteiger partial charge in [-0.05, 0) is 76.2 Å². The zero-order valence-corrected chi connectivity index (χ0v) is 17.8. The molecule has 0 aliphatic carbocycles. The van der Waals surface area contributed by atoms with Crippen LogP contribution in [-0.4, -0.2) is 40.0 Å². The fraction of sp³-hybridized carbons (Fsp3) is 0.375. The van der Waals surface area contributed by atoms with Crippen LogP contribution in [0.2, 0.25) is 0 Å². The van der Waals surface area contributed by atoms with Crippen molar-refractivity contribution in [2.75, 3.05) is 19.6 Å². The van der Waals surface area contributed by atoms with E-state index in [1.165, 1.54) is 19.1 Å². The first-order chi connectivity index (χ1) is 15.5. The number of carbonyl (C=O) groups excluding carboxylic acids is 1. The summed E-state index contributed by atoms with van der Waals surface area (Å²) in [6.45, 7) is 4.78. The summed E-state index contributed by atoms with van der Waals surface area (Å²) < 4.78 is 25.9. The van der Waals surface area contributed by atoms with Gasteiger partial charge in [0.15, 0.2) is 11.4 Å². The van der Waals surface area contributed by atoms with E-state index < -0.39 is 5.76 Å². The Balaban J connectivity index is 1.18. The molecule has 8 heteroatoms. The number of halogens is 1. The van der Waals surface area contributed by atoms with Crippen LogP contribution < -0.4 is 5.76 Å². The number of nitrogens with zero attached hydrogens (tertiary/aromatic N) is 3. The predicted octanol–water partition coefficient (Wildman–Crippen LogP) is 4.35. The fourth-order valence-corrected chi connectivity index (χ4v) is 4.60. The van der Waals surface area contributed by atoms with Crippen LogP contribution >= 0.6 is 0 Å². The number of fused-ring (bicyclic) bond motifs is 2. The van der Waals surface area contributed by atoms with Crippen LogP contribution in [-0.2, 0) is 6.54 Å². The van der Waals surface area contributed by atoms with E-state index in [1.807, 2.05) is 0 Å². The van der Waals surface area contributed by atoms with E-state index in [4.69, 9.17) is 8.94 Å². The van der Waals surface area contributed by atoms with Crippen LogP contribution in [0.3, 0.4) is 0 Å². The number of benzene rings is 2. The van der Waals surface area contributed by atoms with Gasteiger partial charge in [0.25, 0.3) is 0 Å². The van der Waals surface area contributed by atoms with Crippen molar-refractivity contribution in [2.24, 2.45) is 0 Å². The molecule has 3 heterocycles. The average molecular weight is 437 g/mol. The second kappa shape index (κ2) is 8.35. The van der Waals surface area contributed by atoms with E-state index in [1.54, 1.807) is 28.8 Å². The van der Waals surface area contributed by atoms with Crippen LogP contribution in [0.25, 0.3) is 22.0 Å². The molecule has 0 radical (unpaired) electrons. The molecule has 1 fully saturated rings. The summed E-state index contributed by atoms with van der Waals surface area (Å²) in [7, 11) is 0. The Labute approximate surface area is 183 Å². The monoisotopic (exact) mass is 437 g/mol. The van der Waals surface area contributed by atoms with Crippen molar-refractivity contribution in [1.82, 2.24) is 14.6 Å². The lowest BCUT2D eigenvalue weighted by atomic mass is 9.92. The Bertz CT molecular complexity index is 1340. The third kappa shape index (κ3) is 3.86. The lowest BCUT2D eigenvalue weighted by Gasteiger charge is -2.30. The molecular weight excluding hydrogens is 413 g/mol. The number of Topliss-reactive ketones (excluding diaryl/α,β-unsaturated/α-hetero) is 1. The molecule has 0 saturated carbocycles. The minimum atomic E-state index is -0.395. The Morgan fingerprint density at radius 3 is 2.75 bits per heavy atom. The van der Waals surface area contributed by atoms with Gasteiger partial charge >= 0.3 is 5.76 Å². The molecule has 7 nitrogen and oxygen atoms in total. The van der Waals surface area contributed by atoms with E-state index in [2.05, 4.69) is 10.1 Å². The van der Waals surface area contributed by atoms with Crippen LogP contribution in [0.5, 0.6) is 0 Å². The van der Waals surface area contributed by atoms with Crippen molar-refractivity contribution in [3.63, 3.8) is 0 Å². The maximum atomic E-state index is 13.4. The summed E-state index contributed by atoms with van der Waals surface area (Å²) in [4.78, 5) is 26.2. The third-order valence-electron chi connectivity index (χ3n) is 6.36. The van der Waals surface area contributed by atoms with E-state index in [-0.39, 0.29) is 17.5 Å². The third-order valence-corrected chi connectivity index (χ3v) is 6.36. The number of hydrogen-bond acceptors (Lipinski definition) is 6. The lowest BCUT2D eigenvalue weighted by Crippen LogP contribution is -2.34. The minimum Gasteiger partial charge on any atom is -0.408 e. The first-order valence-electron chi connectivity index (χ1n) is 10.9. The van der Waals surface area contributed by atoms with Gasteiger partial charge in [-0.15, -0.1) is 0 Å². The summed E-state index contributed by atoms with van der Waals surface area (Å²) >= 11 is 0. The fourth-order valence-electron chi connectivity index (χ4n) is 4.60. The highest BCUT2D eigenvalue weighted by molar-refractivity contribution is 5.96. The second-order valence-corrected chi connectivity index (χ2v) is 8.44. The van der Waals surface area contributed by atoms with Crippen LogP contribution in [0.15, 0.2) is 50.1 Å². The molecule has 2 aromatic heterocycles. The number of rotatable bonds is 6. The molecule has 1 saturated heterocycles. The highest BCUT2D eigenvalue weighted by Crippen LogP contribution is 2.33. The van der Waals surface area contributed by atoms with E-state index >= 15 is 0 Å². The summed E-state index contributed by atoms with van der Waals surface area (Å²) in [5.74, 6) is 0.360. The van der Waals surface area contributed by atoms with Gasteiger partial charge < -0.3 is 13.8 Å². The lowest BCUT2D eigenvalue weighted by molar-refractivity contribution is 0.101. The molecule has 0 N–H and O–H groups in total. The van der Waals surface area contributed by atoms with Crippen molar-refractivity contribution >= 4 is 27.8 Å². The summed E-state index contributed by atoms with van der Waals surface area (Å²) in [5.41, 5.74) is 2.26. The van der Waals surface area contributed by atoms with Gasteiger partial charge in [-0.2, -0.15) is 0 Å². The molecule has 166 valence electrons. The maximum Gasteiger partial charge on any atom is 0.419 e. The molecule has 0 unspecified atom stereocenters. The topological polar surface area (TPSA) is 81.5 Å². The number of aromatic nitrogens is 2. The molecule has 0 bridgehead atoms. The van der Waals surface area contributed by atoms with Crippen molar-refractivity contribution in [3.8, 4) is 0 Å². The Kier molecular flexibility index (Phi) is 5.38. The van der Waals surface area contributed by atoms with Gasteiger partial charge in [0.05, 0.1) is 5.52 Å². The summed E-state index contributed by atoms with van der Waals surface area (Å²) in [6.07, 6.45) is 2.71. The standard InChI is InChI=1S/C24H24FN3O4/c1-15(29)17-3-6-21-22(13-17)31-24(30)28(21)10-2-9-27-11-7-16(8-12-27)23-19-5-4-18(25)14-20(19)26-32-23/h3-6,13-14,16H,2,7-12H2,1H3. The van der Waals surface area contributed by atoms with E-state index in [9.17, 15) is 14.0 Å². The largest absolute Gasteiger partial charge is 0.419 e. The highest BCUT2D eigenvalue weighted by atomic mass is 19.1. The zero-order chi connectivity index (χ0) is 22.2. The Morgan fingerprint density at radius 2 is 1.97 bits per heavy atom. The smallest absolute Gasteiger partial charge is 0.408 e. The number of oxazole rings is 1. The van der Waals surface area contributed by atoms with Crippen LogP contribution in [0.4, 0.5) is 4.39 Å². The van der Waals surface area contributed by atoms with Crippen molar-refractivity contribution in [3.05, 3.63) is 64.1 Å². The highest BCUT2D eigenvalue weighted by Gasteiger charge is 2.25. The molecular formula is C24H24FN3O4. The van der Waals surface area contributed by atoms with Gasteiger partial charge in [-0.25, -0.2) is 9.18 Å². The quantitative estimate of drug-likeness (QED) is 0.417. The molecule has 0 atom stereocenters. The number of aryl methyl sites for hydroxylation is 1. The number of piperidine rings is 1. The van der Waals surface area contributed by atoms with Crippen molar-refractivity contribution < 1.29 is 18.1 Å². The average Bonchev–Trinajstić information content (AvgIpc) is 3.34. The van der Waals surface area contributed by atoms with E-state index in [0.717, 1.165) is 50.0 Å². The maximum absolute atomic E-state index is 13.4. The zero-order valence-electron chi connectivity index (χ0n) is 17.8. The number of ketones is 1. The number of carbonyl (C=O) groups is 1. The van der Waals surface area contributed by atoms with Gasteiger partial charge in [0, 0.05) is 29.5 Å². The SMILES string of the molecule is CC(=O)c1ccc2c(c1)oc(=O)n2CCCN1CCC(c2onc3cc(F)ccc23)CC1. The summed E-state index contributed by atoms with van der Waals surface area (Å²) in [6, 6.07) is 9.72. The Morgan fingerprint density at radius 1 is 1.16 bits per heavy atom. The molecule has 0 amide bonds. The van der Waals surface area contributed by atoms with Crippen LogP contribution in [0.1, 0.15) is 48.2 Å². The van der Waals surface area contributed by atoms with Gasteiger partial charge in [0.2, 0.25) is 0 Å². The molecule has 1 aliphatic rings. The molecule has 0 spiro atoms. The normalized spacial score (nSPS) is 15.7. The number of likely N-dealkylation sites (tertiary alicyclic amines) is 1. The molecule has 4 aromatic rings. The van der Waals surface area contributed by atoms with E-state index in [0.29, 0.717) is 28.7 Å². The first kappa shape index (κ1) is 20.6. The van der Waals surface area contributed by atoms with Crippen molar-refractivity contribution in [2.45, 2.75) is 38.6 Å². The molecule has 5 rings (SSSR count). The summed E-state index contributed by atoms with van der Waals surface area (Å²) in [5, 5.41) is 4.90. The molecule has 2 aromatic carbocycles. The Hall–Kier alpha value is -3.26. The minimum absolute atomic E-state index is 0.0591. The second-order valence-electron chi connectivity index (χ2n) is 8.44. The molecule has 32 heavy (non-hydrogen) atoms. The predicted molar refractivity (Wildman–Crippen MR) is 117 cm³/mol. The van der Waals surface area contributed by atoms with Crippen molar-refractivity contribution in [1.29, 1.82) is 0 Å². The van der Waals surface area contributed by atoms with Crippen LogP contribution in [0, 0.1) is 5.82 Å². The first-order valence-corrected chi connectivity index (χ1v) is 10.9. The van der Waals surface area contributed by atoms with Gasteiger partial charge in [-0.1, -0.05) is 5.16 Å². The number of hydrogen-bond donors (Lipinski definition) is 0. The van der Waals surface area contributed by atoms with Gasteiger partial charge in [-0.3, -0.25) is 9.36 Å². The molecule has 1 aliphatic heterocycles.